The summed E-state index contributed by atoms with van der Waals surface area (Å²) < 4.78 is 6.81. The quantitative estimate of drug-likeness (QED) is 0.535. The molecule has 21 heavy (non-hydrogen) atoms. The van der Waals surface area contributed by atoms with Gasteiger partial charge in [0.25, 0.3) is 0 Å². The van der Waals surface area contributed by atoms with Crippen molar-refractivity contribution in [1.82, 2.24) is 14.9 Å². The Hall–Kier alpha value is 0.0200. The topological polar surface area (TPSA) is 38.2 Å². The highest BCUT2D eigenvalue weighted by Gasteiger charge is 2.29. The van der Waals surface area contributed by atoms with Crippen molar-refractivity contribution in [2.45, 2.75) is 52.2 Å². The minimum atomic E-state index is -0.100. The molecule has 1 aromatic rings. The molecule has 1 atom stereocenters. The van der Waals surface area contributed by atoms with Crippen LogP contribution in [0.15, 0.2) is 0 Å². The van der Waals surface area contributed by atoms with E-state index in [1.54, 1.807) is 0 Å². The molecular weight excluding hydrogens is 401 g/mol. The second-order valence-corrected chi connectivity index (χ2v) is 8.17. The Bertz CT molecular complexity index is 516. The van der Waals surface area contributed by atoms with Crippen LogP contribution in [0.25, 0.3) is 0 Å². The minimum Gasteiger partial charge on any atom is -0.368 e. The molecular formula is C15H23ClIN3O. The van der Waals surface area contributed by atoms with E-state index < -0.39 is 0 Å². The van der Waals surface area contributed by atoms with Gasteiger partial charge in [0.1, 0.15) is 11.3 Å². The van der Waals surface area contributed by atoms with E-state index in [2.05, 4.69) is 67.1 Å². The lowest BCUT2D eigenvalue weighted by molar-refractivity contribution is -0.0444. The lowest BCUT2D eigenvalue weighted by Gasteiger charge is -2.35. The van der Waals surface area contributed by atoms with E-state index in [-0.39, 0.29) is 11.5 Å². The fraction of sp³-hybridized carbons (Fsp3) is 0.733. The Morgan fingerprint density at radius 1 is 1.33 bits per heavy atom. The maximum Gasteiger partial charge on any atom is 0.160 e. The molecule has 1 aliphatic rings. The van der Waals surface area contributed by atoms with Gasteiger partial charge in [-0.15, -0.1) is 0 Å². The lowest BCUT2D eigenvalue weighted by atomic mass is 9.92. The van der Waals surface area contributed by atoms with Crippen molar-refractivity contribution < 1.29 is 4.74 Å². The van der Waals surface area contributed by atoms with Crippen molar-refractivity contribution in [3.63, 3.8) is 0 Å². The van der Waals surface area contributed by atoms with Crippen molar-refractivity contribution in [1.29, 1.82) is 0 Å². The van der Waals surface area contributed by atoms with Crippen molar-refractivity contribution in [3.8, 4) is 0 Å². The van der Waals surface area contributed by atoms with E-state index in [0.717, 1.165) is 22.4 Å². The van der Waals surface area contributed by atoms with Crippen LogP contribution in [0.3, 0.4) is 0 Å². The molecule has 118 valence electrons. The fourth-order valence-electron chi connectivity index (χ4n) is 2.37. The summed E-state index contributed by atoms with van der Waals surface area (Å²) in [5, 5.41) is 0.524. The Labute approximate surface area is 145 Å². The number of aromatic nitrogens is 2. The summed E-state index contributed by atoms with van der Waals surface area (Å²) in [4.78, 5) is 11.6. The molecule has 1 fully saturated rings. The van der Waals surface area contributed by atoms with Crippen LogP contribution in [-0.4, -0.2) is 40.6 Å². The first-order valence-electron chi connectivity index (χ1n) is 7.29. The van der Waals surface area contributed by atoms with Crippen molar-refractivity contribution in [2.24, 2.45) is 0 Å². The van der Waals surface area contributed by atoms with Crippen LogP contribution in [0.5, 0.6) is 0 Å². The predicted molar refractivity (Wildman–Crippen MR) is 93.9 cm³/mol. The highest BCUT2D eigenvalue weighted by atomic mass is 127. The molecule has 4 nitrogen and oxygen atoms in total. The monoisotopic (exact) mass is 423 g/mol. The summed E-state index contributed by atoms with van der Waals surface area (Å²) in [6.07, 6.45) is -0.100. The normalized spacial score (nSPS) is 21.0. The number of hydrogen-bond acceptors (Lipinski definition) is 4. The average Bonchev–Trinajstić information content (AvgIpc) is 2.40. The van der Waals surface area contributed by atoms with E-state index in [4.69, 9.17) is 21.3 Å². The first kappa shape index (κ1) is 17.4. The number of ether oxygens (including phenoxy) is 1. The van der Waals surface area contributed by atoms with Crippen LogP contribution in [-0.2, 0) is 10.2 Å². The second kappa shape index (κ2) is 6.64. The van der Waals surface area contributed by atoms with Gasteiger partial charge in [0.15, 0.2) is 5.82 Å². The van der Waals surface area contributed by atoms with Crippen LogP contribution in [0.2, 0.25) is 5.15 Å². The number of nitrogens with zero attached hydrogens (tertiary/aromatic N) is 3. The van der Waals surface area contributed by atoms with Gasteiger partial charge in [0.05, 0.1) is 15.9 Å². The van der Waals surface area contributed by atoms with Crippen LogP contribution < -0.4 is 0 Å². The average molecular weight is 424 g/mol. The summed E-state index contributed by atoms with van der Waals surface area (Å²) in [6, 6.07) is 0.498. The summed E-state index contributed by atoms with van der Waals surface area (Å²) in [6.45, 7) is 13.3. The zero-order valence-corrected chi connectivity index (χ0v) is 16.2. The molecule has 1 unspecified atom stereocenters. The summed E-state index contributed by atoms with van der Waals surface area (Å²) >= 11 is 8.54. The first-order valence-corrected chi connectivity index (χ1v) is 8.75. The summed E-state index contributed by atoms with van der Waals surface area (Å²) in [5.41, 5.74) is 0.924. The highest BCUT2D eigenvalue weighted by molar-refractivity contribution is 14.1. The Morgan fingerprint density at radius 2 is 2.00 bits per heavy atom. The van der Waals surface area contributed by atoms with Gasteiger partial charge in [-0.3, -0.25) is 4.90 Å². The van der Waals surface area contributed by atoms with Gasteiger partial charge < -0.3 is 4.74 Å². The first-order chi connectivity index (χ1) is 9.70. The molecule has 0 N–H and O–H groups in total. The number of hydrogen-bond donors (Lipinski definition) is 0. The standard InChI is InChI=1S/C15H23ClIN3O/c1-9(2)20-6-7-21-10(8-20)14-18-12(15(3,4)5)11(17)13(16)19-14/h9-10H,6-8H2,1-5H3. The molecule has 0 amide bonds. The third-order valence-electron chi connectivity index (χ3n) is 3.65. The van der Waals surface area contributed by atoms with E-state index >= 15 is 0 Å². The smallest absolute Gasteiger partial charge is 0.160 e. The van der Waals surface area contributed by atoms with Gasteiger partial charge in [-0.2, -0.15) is 0 Å². The summed E-state index contributed by atoms with van der Waals surface area (Å²) in [7, 11) is 0. The maximum absolute atomic E-state index is 6.32. The van der Waals surface area contributed by atoms with E-state index in [1.807, 2.05) is 0 Å². The molecule has 0 aromatic carbocycles. The zero-order chi connectivity index (χ0) is 15.8. The van der Waals surface area contributed by atoms with Crippen molar-refractivity contribution >= 4 is 34.2 Å². The molecule has 0 bridgehead atoms. The van der Waals surface area contributed by atoms with Crippen LogP contribution in [0.4, 0.5) is 0 Å². The number of halogens is 2. The second-order valence-electron chi connectivity index (χ2n) is 6.73. The maximum atomic E-state index is 6.32. The SMILES string of the molecule is CC(C)N1CCOC(c2nc(Cl)c(I)c(C(C)(C)C)n2)C1. The predicted octanol–water partition coefficient (Wildman–Crippen LogP) is 3.81. The largest absolute Gasteiger partial charge is 0.368 e. The Kier molecular flexibility index (Phi) is 5.50. The van der Waals surface area contributed by atoms with Gasteiger partial charge in [-0.1, -0.05) is 32.4 Å². The highest BCUT2D eigenvalue weighted by Crippen LogP contribution is 2.31. The molecule has 2 rings (SSSR count). The molecule has 0 aliphatic carbocycles. The van der Waals surface area contributed by atoms with Gasteiger partial charge in [0.2, 0.25) is 0 Å². The van der Waals surface area contributed by atoms with Crippen LogP contribution >= 0.6 is 34.2 Å². The molecule has 6 heteroatoms. The molecule has 0 spiro atoms. The Morgan fingerprint density at radius 3 is 2.57 bits per heavy atom. The summed E-state index contributed by atoms with van der Waals surface area (Å²) in [5.74, 6) is 0.704. The van der Waals surface area contributed by atoms with Crippen LogP contribution in [0, 0.1) is 3.57 Å². The van der Waals surface area contributed by atoms with Crippen molar-refractivity contribution in [3.05, 3.63) is 20.2 Å². The van der Waals surface area contributed by atoms with Crippen molar-refractivity contribution in [2.75, 3.05) is 19.7 Å². The Balaban J connectivity index is 2.34. The number of rotatable bonds is 2. The third kappa shape index (κ3) is 4.06. The van der Waals surface area contributed by atoms with E-state index in [9.17, 15) is 0 Å². The molecule has 0 radical (unpaired) electrons. The zero-order valence-electron chi connectivity index (χ0n) is 13.3. The van der Waals surface area contributed by atoms with Gasteiger partial charge >= 0.3 is 0 Å². The van der Waals surface area contributed by atoms with Crippen LogP contribution in [0.1, 0.15) is 52.2 Å². The minimum absolute atomic E-state index is 0.0652. The van der Waals surface area contributed by atoms with Gasteiger partial charge in [0, 0.05) is 24.5 Å². The van der Waals surface area contributed by atoms with Gasteiger partial charge in [-0.25, -0.2) is 9.97 Å². The number of morpholine rings is 1. The molecule has 0 saturated carbocycles. The third-order valence-corrected chi connectivity index (χ3v) is 5.27. The molecule has 2 heterocycles. The molecule has 1 saturated heterocycles. The van der Waals surface area contributed by atoms with Gasteiger partial charge in [-0.05, 0) is 36.4 Å². The molecule has 1 aliphatic heterocycles. The fourth-order valence-corrected chi connectivity index (χ4v) is 3.60. The lowest BCUT2D eigenvalue weighted by Crippen LogP contribution is -2.42. The molecule has 1 aromatic heterocycles. The van der Waals surface area contributed by atoms with E-state index in [0.29, 0.717) is 23.6 Å². The van der Waals surface area contributed by atoms with E-state index in [1.165, 1.54) is 0 Å².